The van der Waals surface area contributed by atoms with Gasteiger partial charge in [-0.05, 0) is 48.8 Å². The van der Waals surface area contributed by atoms with E-state index < -0.39 is 0 Å². The average molecular weight is 201 g/mol. The third-order valence-corrected chi connectivity index (χ3v) is 4.09. The highest BCUT2D eigenvalue weighted by Crippen LogP contribution is 2.37. The van der Waals surface area contributed by atoms with Gasteiger partial charge in [0.25, 0.3) is 0 Å². The van der Waals surface area contributed by atoms with E-state index in [0.29, 0.717) is 6.04 Å². The van der Waals surface area contributed by atoms with Crippen LogP contribution in [-0.2, 0) is 13.0 Å². The van der Waals surface area contributed by atoms with Gasteiger partial charge in [-0.3, -0.25) is 0 Å². The molecule has 1 aromatic carbocycles. The monoisotopic (exact) mass is 201 g/mol. The van der Waals surface area contributed by atoms with Gasteiger partial charge in [-0.25, -0.2) is 0 Å². The lowest BCUT2D eigenvalue weighted by molar-refractivity contribution is 0.406. The Morgan fingerprint density at radius 1 is 1.20 bits per heavy atom. The topological polar surface area (TPSA) is 12.0 Å². The summed E-state index contributed by atoms with van der Waals surface area (Å²) in [6.45, 7) is 3.41. The molecule has 0 fully saturated rings. The molecule has 1 heterocycles. The van der Waals surface area contributed by atoms with Crippen LogP contribution in [0.25, 0.3) is 0 Å². The molecule has 0 bridgehead atoms. The van der Waals surface area contributed by atoms with E-state index in [2.05, 4.69) is 30.4 Å². The maximum absolute atomic E-state index is 3.63. The van der Waals surface area contributed by atoms with Crippen LogP contribution in [0, 0.1) is 0 Å². The predicted molar refractivity (Wildman–Crippen MR) is 63.0 cm³/mol. The predicted octanol–water partition coefficient (Wildman–Crippen LogP) is 2.99. The second-order valence-corrected chi connectivity index (χ2v) is 5.01. The van der Waals surface area contributed by atoms with Gasteiger partial charge < -0.3 is 5.32 Å². The SMILES string of the molecule is CC1NCc2cccc3c2C1CCCC3. The molecule has 0 saturated carbocycles. The molecule has 1 heteroatoms. The molecule has 1 aliphatic carbocycles. The van der Waals surface area contributed by atoms with Crippen molar-refractivity contribution in [3.8, 4) is 0 Å². The summed E-state index contributed by atoms with van der Waals surface area (Å²) in [7, 11) is 0. The number of benzene rings is 1. The van der Waals surface area contributed by atoms with Crippen LogP contribution >= 0.6 is 0 Å². The van der Waals surface area contributed by atoms with Gasteiger partial charge in [-0.15, -0.1) is 0 Å². The van der Waals surface area contributed by atoms with Gasteiger partial charge in [-0.2, -0.15) is 0 Å². The molecule has 0 spiro atoms. The first-order valence-corrected chi connectivity index (χ1v) is 6.20. The normalized spacial score (nSPS) is 29.4. The highest BCUT2D eigenvalue weighted by Gasteiger charge is 2.29. The first-order valence-electron chi connectivity index (χ1n) is 6.20. The van der Waals surface area contributed by atoms with E-state index >= 15 is 0 Å². The van der Waals surface area contributed by atoms with E-state index in [1.54, 1.807) is 16.7 Å². The Morgan fingerprint density at radius 2 is 2.07 bits per heavy atom. The van der Waals surface area contributed by atoms with Gasteiger partial charge in [0.1, 0.15) is 0 Å². The average Bonchev–Trinajstić information content (AvgIpc) is 2.48. The molecule has 3 rings (SSSR count). The number of hydrogen-bond donors (Lipinski definition) is 1. The molecule has 0 saturated heterocycles. The molecule has 1 nitrogen and oxygen atoms in total. The van der Waals surface area contributed by atoms with Gasteiger partial charge in [0.2, 0.25) is 0 Å². The van der Waals surface area contributed by atoms with Crippen LogP contribution in [0.5, 0.6) is 0 Å². The maximum atomic E-state index is 3.63. The zero-order valence-electron chi connectivity index (χ0n) is 9.42. The van der Waals surface area contributed by atoms with Crippen LogP contribution in [0.3, 0.4) is 0 Å². The largest absolute Gasteiger partial charge is 0.310 e. The molecule has 1 N–H and O–H groups in total. The van der Waals surface area contributed by atoms with E-state index in [1.807, 2.05) is 0 Å². The van der Waals surface area contributed by atoms with Crippen molar-refractivity contribution in [2.24, 2.45) is 0 Å². The molecule has 0 amide bonds. The Kier molecular flexibility index (Phi) is 2.28. The van der Waals surface area contributed by atoms with E-state index in [-0.39, 0.29) is 0 Å². The number of rotatable bonds is 0. The molecular weight excluding hydrogens is 182 g/mol. The molecule has 0 aromatic heterocycles. The Morgan fingerprint density at radius 3 is 3.00 bits per heavy atom. The van der Waals surface area contributed by atoms with Crippen LogP contribution in [0.4, 0.5) is 0 Å². The summed E-state index contributed by atoms with van der Waals surface area (Å²) in [5.41, 5.74) is 4.88. The van der Waals surface area contributed by atoms with Crippen molar-refractivity contribution < 1.29 is 0 Å². The second kappa shape index (κ2) is 3.64. The summed E-state index contributed by atoms with van der Waals surface area (Å²) in [6.07, 6.45) is 5.44. The number of aryl methyl sites for hydroxylation is 1. The van der Waals surface area contributed by atoms with E-state index in [4.69, 9.17) is 0 Å². The smallest absolute Gasteiger partial charge is 0.0211 e. The summed E-state index contributed by atoms with van der Waals surface area (Å²) in [5.74, 6) is 0.771. The van der Waals surface area contributed by atoms with Crippen molar-refractivity contribution in [2.45, 2.75) is 51.1 Å². The standard InChI is InChI=1S/C14H19N/c1-10-13-8-3-2-5-11-6-4-7-12(9-15-10)14(11)13/h4,6-7,10,13,15H,2-3,5,8-9H2,1H3. The first-order chi connectivity index (χ1) is 7.36. The van der Waals surface area contributed by atoms with Crippen molar-refractivity contribution in [3.05, 3.63) is 34.9 Å². The Bertz CT molecular complexity index is 370. The van der Waals surface area contributed by atoms with Crippen LogP contribution in [0.2, 0.25) is 0 Å². The van der Waals surface area contributed by atoms with Crippen molar-refractivity contribution in [1.82, 2.24) is 5.32 Å². The van der Waals surface area contributed by atoms with Crippen LogP contribution < -0.4 is 5.32 Å². The van der Waals surface area contributed by atoms with E-state index in [1.165, 1.54) is 25.7 Å². The lowest BCUT2D eigenvalue weighted by Crippen LogP contribution is -2.37. The third-order valence-electron chi connectivity index (χ3n) is 4.09. The molecule has 0 radical (unpaired) electrons. The van der Waals surface area contributed by atoms with Gasteiger partial charge >= 0.3 is 0 Å². The van der Waals surface area contributed by atoms with Crippen molar-refractivity contribution >= 4 is 0 Å². The van der Waals surface area contributed by atoms with Crippen LogP contribution in [-0.4, -0.2) is 6.04 Å². The summed E-state index contributed by atoms with van der Waals surface area (Å²) in [5, 5.41) is 3.63. The Balaban J connectivity index is 2.14. The van der Waals surface area contributed by atoms with Gasteiger partial charge in [0.05, 0.1) is 0 Å². The minimum Gasteiger partial charge on any atom is -0.310 e. The minimum atomic E-state index is 0.664. The number of hydrogen-bond acceptors (Lipinski definition) is 1. The fraction of sp³-hybridized carbons (Fsp3) is 0.571. The molecular formula is C14H19N. The molecule has 2 unspecified atom stereocenters. The second-order valence-electron chi connectivity index (χ2n) is 5.01. The van der Waals surface area contributed by atoms with Gasteiger partial charge in [-0.1, -0.05) is 24.6 Å². The summed E-state index contributed by atoms with van der Waals surface area (Å²) in [6, 6.07) is 7.54. The zero-order chi connectivity index (χ0) is 10.3. The van der Waals surface area contributed by atoms with Crippen molar-refractivity contribution in [2.75, 3.05) is 0 Å². The minimum absolute atomic E-state index is 0.664. The van der Waals surface area contributed by atoms with Crippen molar-refractivity contribution in [1.29, 1.82) is 0 Å². The highest BCUT2D eigenvalue weighted by molar-refractivity contribution is 5.41. The molecule has 2 atom stereocenters. The quantitative estimate of drug-likeness (QED) is 0.680. The summed E-state index contributed by atoms with van der Waals surface area (Å²) >= 11 is 0. The fourth-order valence-electron chi connectivity index (χ4n) is 3.25. The lowest BCUT2D eigenvalue weighted by Gasteiger charge is -2.33. The Labute approximate surface area is 91.9 Å². The molecule has 80 valence electrons. The highest BCUT2D eigenvalue weighted by atomic mass is 14.9. The third kappa shape index (κ3) is 1.50. The first kappa shape index (κ1) is 9.41. The van der Waals surface area contributed by atoms with Crippen LogP contribution in [0.1, 0.15) is 48.8 Å². The summed E-state index contributed by atoms with van der Waals surface area (Å²) in [4.78, 5) is 0. The van der Waals surface area contributed by atoms with Crippen LogP contribution in [0.15, 0.2) is 18.2 Å². The lowest BCUT2D eigenvalue weighted by atomic mass is 9.81. The van der Waals surface area contributed by atoms with Gasteiger partial charge in [0.15, 0.2) is 0 Å². The van der Waals surface area contributed by atoms with E-state index in [9.17, 15) is 0 Å². The zero-order valence-corrected chi connectivity index (χ0v) is 9.42. The molecule has 15 heavy (non-hydrogen) atoms. The summed E-state index contributed by atoms with van der Waals surface area (Å²) < 4.78 is 0. The van der Waals surface area contributed by atoms with E-state index in [0.717, 1.165) is 12.5 Å². The fourth-order valence-corrected chi connectivity index (χ4v) is 3.25. The van der Waals surface area contributed by atoms with Crippen molar-refractivity contribution in [3.63, 3.8) is 0 Å². The maximum Gasteiger partial charge on any atom is 0.0211 e. The Hall–Kier alpha value is -0.820. The van der Waals surface area contributed by atoms with Gasteiger partial charge in [0, 0.05) is 12.6 Å². The molecule has 2 aliphatic rings. The molecule has 1 aliphatic heterocycles. The molecule has 1 aromatic rings. The number of nitrogens with one attached hydrogen (secondary N) is 1.